The molecule has 0 radical (unpaired) electrons. The SMILES string of the molecule is COc1ccc([C@@H]2C(=C(O)c3ccc4c(c3)C[C@@H](C)O4)C(=O)C(=O)N2Cc2ccco2)cc1. The molecule has 168 valence electrons. The molecular formula is C26H23NO6. The van der Waals surface area contributed by atoms with Crippen molar-refractivity contribution >= 4 is 17.4 Å². The molecule has 7 nitrogen and oxygen atoms in total. The van der Waals surface area contributed by atoms with Gasteiger partial charge in [0.15, 0.2) is 0 Å². The molecule has 2 aliphatic heterocycles. The zero-order chi connectivity index (χ0) is 23.1. The van der Waals surface area contributed by atoms with Gasteiger partial charge in [0.1, 0.15) is 29.1 Å². The van der Waals surface area contributed by atoms with Crippen LogP contribution in [0.15, 0.2) is 70.9 Å². The van der Waals surface area contributed by atoms with Crippen molar-refractivity contribution in [3.8, 4) is 11.5 Å². The van der Waals surface area contributed by atoms with Crippen LogP contribution in [0.4, 0.5) is 0 Å². The molecule has 0 bridgehead atoms. The number of carbonyl (C=O) groups excluding carboxylic acids is 2. The second-order valence-electron chi connectivity index (χ2n) is 8.23. The minimum absolute atomic E-state index is 0.0450. The summed E-state index contributed by atoms with van der Waals surface area (Å²) in [6.45, 7) is 2.07. The Bertz CT molecular complexity index is 1240. The first-order chi connectivity index (χ1) is 16.0. The Morgan fingerprint density at radius 3 is 2.64 bits per heavy atom. The van der Waals surface area contributed by atoms with Crippen molar-refractivity contribution in [2.45, 2.75) is 32.0 Å². The lowest BCUT2D eigenvalue weighted by atomic mass is 9.94. The summed E-state index contributed by atoms with van der Waals surface area (Å²) < 4.78 is 16.4. The van der Waals surface area contributed by atoms with Gasteiger partial charge in [-0.3, -0.25) is 9.59 Å². The Morgan fingerprint density at radius 1 is 1.15 bits per heavy atom. The van der Waals surface area contributed by atoms with E-state index in [1.165, 1.54) is 11.2 Å². The molecule has 0 saturated carbocycles. The fourth-order valence-electron chi connectivity index (χ4n) is 4.47. The van der Waals surface area contributed by atoms with E-state index in [0.717, 1.165) is 11.3 Å². The van der Waals surface area contributed by atoms with Gasteiger partial charge >= 0.3 is 0 Å². The van der Waals surface area contributed by atoms with Gasteiger partial charge in [-0.25, -0.2) is 0 Å². The number of rotatable bonds is 5. The molecule has 2 atom stereocenters. The monoisotopic (exact) mass is 445 g/mol. The predicted molar refractivity (Wildman–Crippen MR) is 120 cm³/mol. The second kappa shape index (κ2) is 8.16. The van der Waals surface area contributed by atoms with Crippen molar-refractivity contribution in [1.82, 2.24) is 4.90 Å². The number of fused-ring (bicyclic) bond motifs is 1. The number of likely N-dealkylation sites (tertiary alicyclic amines) is 1. The zero-order valence-electron chi connectivity index (χ0n) is 18.3. The summed E-state index contributed by atoms with van der Waals surface area (Å²) in [5, 5.41) is 11.3. The molecule has 2 aliphatic rings. The maximum Gasteiger partial charge on any atom is 0.296 e. The number of Topliss-reactive ketones (excluding diaryl/α,β-unsaturated/α-hetero) is 1. The summed E-state index contributed by atoms with van der Waals surface area (Å²) in [6.07, 6.45) is 2.28. The first-order valence-electron chi connectivity index (χ1n) is 10.7. The van der Waals surface area contributed by atoms with Gasteiger partial charge in [0.2, 0.25) is 0 Å². The van der Waals surface area contributed by atoms with Gasteiger partial charge in [-0.1, -0.05) is 12.1 Å². The van der Waals surface area contributed by atoms with Gasteiger partial charge in [-0.15, -0.1) is 0 Å². The normalized spacial score (nSPS) is 21.2. The van der Waals surface area contributed by atoms with E-state index in [9.17, 15) is 14.7 Å². The molecule has 0 spiro atoms. The number of ether oxygens (including phenoxy) is 2. The van der Waals surface area contributed by atoms with Crippen molar-refractivity contribution in [1.29, 1.82) is 0 Å². The third-order valence-electron chi connectivity index (χ3n) is 6.05. The zero-order valence-corrected chi connectivity index (χ0v) is 18.3. The van der Waals surface area contributed by atoms with Gasteiger partial charge in [-0.05, 0) is 60.5 Å². The minimum atomic E-state index is -0.774. The van der Waals surface area contributed by atoms with Gasteiger partial charge in [0, 0.05) is 12.0 Å². The lowest BCUT2D eigenvalue weighted by Crippen LogP contribution is -2.29. The van der Waals surface area contributed by atoms with Crippen LogP contribution in [0.5, 0.6) is 11.5 Å². The second-order valence-corrected chi connectivity index (χ2v) is 8.23. The fourth-order valence-corrected chi connectivity index (χ4v) is 4.47. The molecule has 2 aromatic carbocycles. The lowest BCUT2D eigenvalue weighted by molar-refractivity contribution is -0.140. The average Bonchev–Trinajstić information content (AvgIpc) is 3.53. The fraction of sp³-hybridized carbons (Fsp3) is 0.231. The Balaban J connectivity index is 1.62. The van der Waals surface area contributed by atoms with E-state index in [-0.39, 0.29) is 24.0 Å². The summed E-state index contributed by atoms with van der Waals surface area (Å²) in [5.41, 5.74) is 2.16. The van der Waals surface area contributed by atoms with Gasteiger partial charge in [0.25, 0.3) is 11.7 Å². The van der Waals surface area contributed by atoms with E-state index in [2.05, 4.69) is 0 Å². The molecular weight excluding hydrogens is 422 g/mol. The number of nitrogens with zero attached hydrogens (tertiary/aromatic N) is 1. The topological polar surface area (TPSA) is 89.2 Å². The maximum absolute atomic E-state index is 13.2. The molecule has 1 fully saturated rings. The number of carbonyl (C=O) groups is 2. The number of furan rings is 1. The summed E-state index contributed by atoms with van der Waals surface area (Å²) in [6, 6.07) is 15.1. The summed E-state index contributed by atoms with van der Waals surface area (Å²) in [4.78, 5) is 27.6. The van der Waals surface area contributed by atoms with Crippen LogP contribution in [0, 0.1) is 0 Å². The largest absolute Gasteiger partial charge is 0.507 e. The van der Waals surface area contributed by atoms with Crippen LogP contribution < -0.4 is 9.47 Å². The molecule has 1 N–H and O–H groups in total. The van der Waals surface area contributed by atoms with Crippen LogP contribution in [0.25, 0.3) is 5.76 Å². The number of hydrogen-bond donors (Lipinski definition) is 1. The van der Waals surface area contributed by atoms with E-state index < -0.39 is 17.7 Å². The highest BCUT2D eigenvalue weighted by atomic mass is 16.5. The highest BCUT2D eigenvalue weighted by Crippen LogP contribution is 2.41. The van der Waals surface area contributed by atoms with Crippen molar-refractivity contribution in [3.05, 3.63) is 88.9 Å². The molecule has 1 aromatic heterocycles. The van der Waals surface area contributed by atoms with Crippen LogP contribution in [-0.4, -0.2) is 34.9 Å². The standard InChI is InChI=1S/C26H23NO6/c1-15-12-18-13-17(7-10-21(18)33-15)24(28)22-23(16-5-8-19(31-2)9-6-16)27(26(30)25(22)29)14-20-4-3-11-32-20/h3-11,13,15,23,28H,12,14H2,1-2H3/t15-,23-/m1/s1. The Morgan fingerprint density at radius 2 is 1.94 bits per heavy atom. The minimum Gasteiger partial charge on any atom is -0.507 e. The molecule has 7 heteroatoms. The molecule has 3 aromatic rings. The van der Waals surface area contributed by atoms with Crippen molar-refractivity contribution in [2.24, 2.45) is 0 Å². The number of hydrogen-bond acceptors (Lipinski definition) is 6. The van der Waals surface area contributed by atoms with Gasteiger partial charge in [0.05, 0.1) is 31.5 Å². The van der Waals surface area contributed by atoms with E-state index in [0.29, 0.717) is 29.1 Å². The molecule has 0 unspecified atom stereocenters. The average molecular weight is 445 g/mol. The van der Waals surface area contributed by atoms with Crippen LogP contribution in [0.3, 0.4) is 0 Å². The van der Waals surface area contributed by atoms with E-state index in [1.54, 1.807) is 55.6 Å². The van der Waals surface area contributed by atoms with Gasteiger partial charge in [-0.2, -0.15) is 0 Å². The molecule has 33 heavy (non-hydrogen) atoms. The van der Waals surface area contributed by atoms with E-state index in [4.69, 9.17) is 13.9 Å². The maximum atomic E-state index is 13.2. The van der Waals surface area contributed by atoms with Crippen LogP contribution in [0.2, 0.25) is 0 Å². The number of aliphatic hydroxyl groups is 1. The molecule has 1 saturated heterocycles. The molecule has 0 aliphatic carbocycles. The predicted octanol–water partition coefficient (Wildman–Crippen LogP) is 4.23. The van der Waals surface area contributed by atoms with E-state index in [1.807, 2.05) is 13.0 Å². The first kappa shape index (κ1) is 20.9. The highest BCUT2D eigenvalue weighted by Gasteiger charge is 2.46. The van der Waals surface area contributed by atoms with E-state index >= 15 is 0 Å². The molecule has 3 heterocycles. The summed E-state index contributed by atoms with van der Waals surface area (Å²) >= 11 is 0. The van der Waals surface area contributed by atoms with Crippen LogP contribution in [-0.2, 0) is 22.6 Å². The number of ketones is 1. The number of benzene rings is 2. The summed E-state index contributed by atoms with van der Waals surface area (Å²) in [7, 11) is 1.57. The Kier molecular flexibility index (Phi) is 5.17. The van der Waals surface area contributed by atoms with Crippen LogP contribution >= 0.6 is 0 Å². The smallest absolute Gasteiger partial charge is 0.296 e. The van der Waals surface area contributed by atoms with Crippen molar-refractivity contribution in [2.75, 3.05) is 7.11 Å². The molecule has 1 amide bonds. The number of methoxy groups -OCH3 is 1. The van der Waals surface area contributed by atoms with Crippen LogP contribution in [0.1, 0.15) is 35.4 Å². The summed E-state index contributed by atoms with van der Waals surface area (Å²) in [5.74, 6) is 0.327. The third-order valence-corrected chi connectivity index (χ3v) is 6.05. The Labute approximate surface area is 190 Å². The van der Waals surface area contributed by atoms with Crippen molar-refractivity contribution in [3.63, 3.8) is 0 Å². The van der Waals surface area contributed by atoms with Crippen molar-refractivity contribution < 1.29 is 28.6 Å². The Hall–Kier alpha value is -4.00. The molecule has 5 rings (SSSR count). The highest BCUT2D eigenvalue weighted by molar-refractivity contribution is 6.46. The number of aliphatic hydroxyl groups excluding tert-OH is 1. The first-order valence-corrected chi connectivity index (χ1v) is 10.7. The van der Waals surface area contributed by atoms with Gasteiger partial charge < -0.3 is 23.9 Å². The quantitative estimate of drug-likeness (QED) is 0.359. The third kappa shape index (κ3) is 3.65. The number of amides is 1. The lowest BCUT2D eigenvalue weighted by Gasteiger charge is -2.24.